The maximum Gasteiger partial charge on any atom is 0.266 e. The third-order valence-electron chi connectivity index (χ3n) is 4.50. The van der Waals surface area contributed by atoms with Gasteiger partial charge in [-0.3, -0.25) is 9.59 Å². The van der Waals surface area contributed by atoms with Crippen molar-refractivity contribution in [1.82, 2.24) is 0 Å². The van der Waals surface area contributed by atoms with Crippen LogP contribution in [0, 0.1) is 18.3 Å². The Morgan fingerprint density at radius 2 is 1.70 bits per heavy atom. The minimum Gasteiger partial charge on any atom is -0.483 e. The first-order valence-corrected chi connectivity index (χ1v) is 10.6. The minimum absolute atomic E-state index is 0.125. The van der Waals surface area contributed by atoms with Crippen LogP contribution in [-0.4, -0.2) is 18.4 Å². The van der Waals surface area contributed by atoms with Crippen molar-refractivity contribution in [3.8, 4) is 11.8 Å². The van der Waals surface area contributed by atoms with Crippen molar-refractivity contribution in [2.45, 2.75) is 6.92 Å². The van der Waals surface area contributed by atoms with Gasteiger partial charge in [-0.25, -0.2) is 0 Å². The van der Waals surface area contributed by atoms with Crippen LogP contribution in [0.5, 0.6) is 5.75 Å². The SMILES string of the molecule is Cc1ccc(NC(=O)COc2ccccc2/C=C(/C#N)C(=O)Nc2ccc(Cl)cc2)cc1Cl. The Bertz CT molecular complexity index is 1250. The second-order valence-corrected chi connectivity index (χ2v) is 7.81. The zero-order valence-electron chi connectivity index (χ0n) is 17.6. The summed E-state index contributed by atoms with van der Waals surface area (Å²) in [6.45, 7) is 1.60. The summed E-state index contributed by atoms with van der Waals surface area (Å²) in [7, 11) is 0. The summed E-state index contributed by atoms with van der Waals surface area (Å²) in [5.74, 6) is -0.611. The molecule has 0 aliphatic heterocycles. The van der Waals surface area contributed by atoms with E-state index in [9.17, 15) is 14.9 Å². The predicted molar refractivity (Wildman–Crippen MR) is 130 cm³/mol. The molecule has 0 aliphatic rings. The average molecular weight is 480 g/mol. The third-order valence-corrected chi connectivity index (χ3v) is 5.16. The van der Waals surface area contributed by atoms with Gasteiger partial charge in [-0.2, -0.15) is 5.26 Å². The third kappa shape index (κ3) is 6.84. The Morgan fingerprint density at radius 3 is 2.39 bits per heavy atom. The normalized spacial score (nSPS) is 10.8. The highest BCUT2D eigenvalue weighted by molar-refractivity contribution is 6.31. The quantitative estimate of drug-likeness (QED) is 0.327. The fourth-order valence-corrected chi connectivity index (χ4v) is 3.08. The summed E-state index contributed by atoms with van der Waals surface area (Å²) in [6.07, 6.45) is 1.40. The molecular weight excluding hydrogens is 461 g/mol. The molecule has 0 unspecified atom stereocenters. The summed E-state index contributed by atoms with van der Waals surface area (Å²) in [4.78, 5) is 24.8. The monoisotopic (exact) mass is 479 g/mol. The van der Waals surface area contributed by atoms with Gasteiger partial charge in [0.25, 0.3) is 11.8 Å². The highest BCUT2D eigenvalue weighted by Crippen LogP contribution is 2.23. The standard InChI is InChI=1S/C25H19Cl2N3O3/c1-16-6-9-21(13-22(16)27)29-24(31)15-33-23-5-3-2-4-17(23)12-18(14-28)25(32)30-20-10-7-19(26)8-11-20/h2-13H,15H2,1H3,(H,29,31)(H,30,32)/b18-12-. The van der Waals surface area contributed by atoms with Gasteiger partial charge in [0.05, 0.1) is 0 Å². The smallest absolute Gasteiger partial charge is 0.266 e. The summed E-state index contributed by atoms with van der Waals surface area (Å²) in [5.41, 5.74) is 2.31. The number of carbonyl (C=O) groups is 2. The van der Waals surface area contributed by atoms with Crippen molar-refractivity contribution in [3.63, 3.8) is 0 Å². The number of aryl methyl sites for hydroxylation is 1. The molecule has 0 saturated carbocycles. The molecule has 2 N–H and O–H groups in total. The number of para-hydroxylation sites is 1. The lowest BCUT2D eigenvalue weighted by molar-refractivity contribution is -0.118. The van der Waals surface area contributed by atoms with Crippen LogP contribution in [0.3, 0.4) is 0 Å². The van der Waals surface area contributed by atoms with Crippen molar-refractivity contribution < 1.29 is 14.3 Å². The molecule has 8 heteroatoms. The Labute approximate surface area is 201 Å². The van der Waals surface area contributed by atoms with Gasteiger partial charge in [0.2, 0.25) is 0 Å². The van der Waals surface area contributed by atoms with Gasteiger partial charge < -0.3 is 15.4 Å². The van der Waals surface area contributed by atoms with E-state index >= 15 is 0 Å². The van der Waals surface area contributed by atoms with E-state index in [0.29, 0.717) is 32.7 Å². The van der Waals surface area contributed by atoms with Crippen LogP contribution in [0.2, 0.25) is 10.0 Å². The second kappa shape index (κ2) is 11.2. The summed E-state index contributed by atoms with van der Waals surface area (Å²) < 4.78 is 5.64. The van der Waals surface area contributed by atoms with Crippen LogP contribution in [0.15, 0.2) is 72.3 Å². The maximum atomic E-state index is 12.5. The highest BCUT2D eigenvalue weighted by Gasteiger charge is 2.12. The first-order valence-electron chi connectivity index (χ1n) is 9.82. The summed E-state index contributed by atoms with van der Waals surface area (Å²) in [6, 6.07) is 20.4. The number of nitriles is 1. The number of hydrogen-bond acceptors (Lipinski definition) is 4. The van der Waals surface area contributed by atoms with E-state index in [1.165, 1.54) is 6.08 Å². The van der Waals surface area contributed by atoms with Crippen molar-refractivity contribution >= 4 is 52.5 Å². The van der Waals surface area contributed by atoms with E-state index in [1.807, 2.05) is 13.0 Å². The lowest BCUT2D eigenvalue weighted by atomic mass is 10.1. The van der Waals surface area contributed by atoms with E-state index in [-0.39, 0.29) is 18.1 Å². The maximum absolute atomic E-state index is 12.5. The number of hydrogen-bond donors (Lipinski definition) is 2. The molecule has 3 aromatic carbocycles. The minimum atomic E-state index is -0.580. The molecule has 2 amide bonds. The molecule has 0 bridgehead atoms. The van der Waals surface area contributed by atoms with Crippen molar-refractivity contribution in [2.24, 2.45) is 0 Å². The van der Waals surface area contributed by atoms with Crippen LogP contribution in [0.25, 0.3) is 6.08 Å². The van der Waals surface area contributed by atoms with Gasteiger partial charge in [0.1, 0.15) is 17.4 Å². The summed E-state index contributed by atoms with van der Waals surface area (Å²) in [5, 5.41) is 15.9. The van der Waals surface area contributed by atoms with Crippen molar-refractivity contribution in [2.75, 3.05) is 17.2 Å². The number of nitrogens with one attached hydrogen (secondary N) is 2. The lowest BCUT2D eigenvalue weighted by Crippen LogP contribution is -2.20. The number of rotatable bonds is 7. The highest BCUT2D eigenvalue weighted by atomic mass is 35.5. The topological polar surface area (TPSA) is 91.2 Å². The molecule has 0 aromatic heterocycles. The van der Waals surface area contributed by atoms with Crippen LogP contribution >= 0.6 is 23.2 Å². The zero-order valence-corrected chi connectivity index (χ0v) is 19.1. The van der Waals surface area contributed by atoms with Gasteiger partial charge in [-0.05, 0) is 61.0 Å². The van der Waals surface area contributed by atoms with Crippen LogP contribution in [-0.2, 0) is 9.59 Å². The van der Waals surface area contributed by atoms with E-state index < -0.39 is 5.91 Å². The van der Waals surface area contributed by atoms with Gasteiger partial charge in [-0.15, -0.1) is 0 Å². The fourth-order valence-electron chi connectivity index (χ4n) is 2.78. The molecule has 3 rings (SSSR count). The number of ether oxygens (including phenoxy) is 1. The van der Waals surface area contributed by atoms with Gasteiger partial charge in [0, 0.05) is 27.0 Å². The van der Waals surface area contributed by atoms with Crippen LogP contribution < -0.4 is 15.4 Å². The molecule has 0 fully saturated rings. The van der Waals surface area contributed by atoms with E-state index in [0.717, 1.165) is 5.56 Å². The number of carbonyl (C=O) groups excluding carboxylic acids is 2. The first kappa shape index (κ1) is 23.9. The fraction of sp³-hybridized carbons (Fsp3) is 0.0800. The lowest BCUT2D eigenvalue weighted by Gasteiger charge is -2.11. The van der Waals surface area contributed by atoms with E-state index in [1.54, 1.807) is 66.7 Å². The number of amides is 2. The molecule has 0 spiro atoms. The number of nitrogens with zero attached hydrogens (tertiary/aromatic N) is 1. The Morgan fingerprint density at radius 1 is 1.00 bits per heavy atom. The average Bonchev–Trinajstić information content (AvgIpc) is 2.80. The molecule has 3 aromatic rings. The first-order chi connectivity index (χ1) is 15.9. The molecule has 0 heterocycles. The Hall–Kier alpha value is -3.79. The van der Waals surface area contributed by atoms with Gasteiger partial charge in [-0.1, -0.05) is 47.5 Å². The summed E-state index contributed by atoms with van der Waals surface area (Å²) >= 11 is 11.9. The number of halogens is 2. The Balaban J connectivity index is 1.69. The Kier molecular flexibility index (Phi) is 8.09. The van der Waals surface area contributed by atoms with Gasteiger partial charge in [0.15, 0.2) is 6.61 Å². The van der Waals surface area contributed by atoms with E-state index in [4.69, 9.17) is 27.9 Å². The molecule has 6 nitrogen and oxygen atoms in total. The molecule has 0 saturated heterocycles. The van der Waals surface area contributed by atoms with Crippen LogP contribution in [0.1, 0.15) is 11.1 Å². The van der Waals surface area contributed by atoms with Crippen LogP contribution in [0.4, 0.5) is 11.4 Å². The molecule has 0 aliphatic carbocycles. The molecular formula is C25H19Cl2N3O3. The largest absolute Gasteiger partial charge is 0.483 e. The number of benzene rings is 3. The molecule has 0 atom stereocenters. The van der Waals surface area contributed by atoms with Gasteiger partial charge >= 0.3 is 0 Å². The van der Waals surface area contributed by atoms with Crippen molar-refractivity contribution in [3.05, 3.63) is 93.5 Å². The number of anilines is 2. The molecule has 33 heavy (non-hydrogen) atoms. The molecule has 0 radical (unpaired) electrons. The predicted octanol–water partition coefficient (Wildman–Crippen LogP) is 5.87. The van der Waals surface area contributed by atoms with E-state index in [2.05, 4.69) is 10.6 Å². The van der Waals surface area contributed by atoms with Crippen molar-refractivity contribution in [1.29, 1.82) is 5.26 Å². The second-order valence-electron chi connectivity index (χ2n) is 6.97. The molecule has 166 valence electrons. The zero-order chi connectivity index (χ0) is 23.8.